The van der Waals surface area contributed by atoms with Gasteiger partial charge in [-0.15, -0.1) is 11.3 Å². The number of aliphatic imine (C=N–C) groups is 1. The Balaban J connectivity index is 1.91. The molecule has 1 aromatic carbocycles. The van der Waals surface area contributed by atoms with Gasteiger partial charge in [0.1, 0.15) is 11.5 Å². The third kappa shape index (κ3) is 4.18. The molecule has 0 bridgehead atoms. The van der Waals surface area contributed by atoms with Gasteiger partial charge in [0.2, 0.25) is 5.91 Å². The Bertz CT molecular complexity index is 804. The average molecular weight is 355 g/mol. The topological polar surface area (TPSA) is 41.5 Å². The summed E-state index contributed by atoms with van der Waals surface area (Å²) in [5.74, 6) is -0.0283. The molecule has 0 unspecified atom stereocenters. The first-order valence-corrected chi connectivity index (χ1v) is 9.95. The maximum atomic E-state index is 12.0. The minimum atomic E-state index is -0.0283. The van der Waals surface area contributed by atoms with Crippen LogP contribution in [0.1, 0.15) is 59.7 Å². The number of rotatable bonds is 6. The molecule has 3 nitrogen and oxygen atoms in total. The standard InChI is InChI=1S/C21H26N2OS/c1-4-5-6-7-8-17-12-18-20(16-10-9-14(2)15(3)11-16)22-13-19(24)23-21(18)25-17/h9-12H,4-8,13H2,1-3H3,(H,23,24). The SMILES string of the molecule is CCCCCCc1cc2c(s1)NC(=O)CN=C2c1ccc(C)c(C)c1. The number of carbonyl (C=O) groups excluding carboxylic acids is 1. The molecular formula is C21H26N2OS. The van der Waals surface area contributed by atoms with E-state index >= 15 is 0 Å². The molecule has 0 saturated heterocycles. The van der Waals surface area contributed by atoms with E-state index < -0.39 is 0 Å². The molecular weight excluding hydrogens is 328 g/mol. The van der Waals surface area contributed by atoms with Crippen molar-refractivity contribution in [2.24, 2.45) is 4.99 Å². The Morgan fingerprint density at radius 1 is 1.12 bits per heavy atom. The van der Waals surface area contributed by atoms with Crippen molar-refractivity contribution < 1.29 is 4.79 Å². The van der Waals surface area contributed by atoms with Crippen molar-refractivity contribution in [3.8, 4) is 0 Å². The van der Waals surface area contributed by atoms with E-state index in [1.54, 1.807) is 11.3 Å². The van der Waals surface area contributed by atoms with Crippen LogP contribution in [0.15, 0.2) is 29.3 Å². The lowest BCUT2D eigenvalue weighted by Gasteiger charge is -2.08. The van der Waals surface area contributed by atoms with Gasteiger partial charge in [-0.05, 0) is 49.9 Å². The fourth-order valence-corrected chi connectivity index (χ4v) is 4.21. The number of hydrogen-bond acceptors (Lipinski definition) is 3. The van der Waals surface area contributed by atoms with Crippen LogP contribution in [-0.2, 0) is 11.2 Å². The van der Waals surface area contributed by atoms with Crippen molar-refractivity contribution in [1.82, 2.24) is 0 Å². The number of carbonyl (C=O) groups is 1. The lowest BCUT2D eigenvalue weighted by Crippen LogP contribution is -2.12. The van der Waals surface area contributed by atoms with Gasteiger partial charge in [0.15, 0.2) is 0 Å². The van der Waals surface area contributed by atoms with Gasteiger partial charge < -0.3 is 5.32 Å². The van der Waals surface area contributed by atoms with Gasteiger partial charge in [-0.1, -0.05) is 38.3 Å². The quantitative estimate of drug-likeness (QED) is 0.705. The minimum Gasteiger partial charge on any atom is -0.316 e. The number of nitrogens with zero attached hydrogens (tertiary/aromatic N) is 1. The van der Waals surface area contributed by atoms with Crippen LogP contribution in [0.5, 0.6) is 0 Å². The van der Waals surface area contributed by atoms with Crippen LogP contribution in [0.4, 0.5) is 5.00 Å². The van der Waals surface area contributed by atoms with Gasteiger partial charge in [-0.2, -0.15) is 0 Å². The molecule has 1 N–H and O–H groups in total. The van der Waals surface area contributed by atoms with Gasteiger partial charge in [-0.25, -0.2) is 0 Å². The summed E-state index contributed by atoms with van der Waals surface area (Å²) in [4.78, 5) is 18.0. The highest BCUT2D eigenvalue weighted by Gasteiger charge is 2.21. The fraction of sp³-hybridized carbons (Fsp3) is 0.429. The van der Waals surface area contributed by atoms with Crippen molar-refractivity contribution >= 4 is 28.0 Å². The van der Waals surface area contributed by atoms with Gasteiger partial charge in [0, 0.05) is 16.0 Å². The van der Waals surface area contributed by atoms with E-state index in [9.17, 15) is 4.79 Å². The molecule has 0 fully saturated rings. The maximum absolute atomic E-state index is 12.0. The second-order valence-electron chi connectivity index (χ2n) is 6.78. The molecule has 1 aromatic heterocycles. The van der Waals surface area contributed by atoms with Gasteiger partial charge in [0.05, 0.1) is 5.71 Å². The molecule has 2 aromatic rings. The van der Waals surface area contributed by atoms with Crippen LogP contribution >= 0.6 is 11.3 Å². The van der Waals surface area contributed by atoms with E-state index in [0.717, 1.165) is 28.3 Å². The van der Waals surface area contributed by atoms with Crippen molar-refractivity contribution in [3.63, 3.8) is 0 Å². The summed E-state index contributed by atoms with van der Waals surface area (Å²) in [6, 6.07) is 8.64. The molecule has 132 valence electrons. The third-order valence-electron chi connectivity index (χ3n) is 4.73. The van der Waals surface area contributed by atoms with Gasteiger partial charge >= 0.3 is 0 Å². The van der Waals surface area contributed by atoms with E-state index in [4.69, 9.17) is 0 Å². The normalized spacial score (nSPS) is 13.9. The Kier molecular flexibility index (Phi) is 5.69. The van der Waals surface area contributed by atoms with E-state index in [1.807, 2.05) is 0 Å². The number of amides is 1. The van der Waals surface area contributed by atoms with Crippen LogP contribution in [0.25, 0.3) is 0 Å². The van der Waals surface area contributed by atoms with Crippen molar-refractivity contribution in [2.75, 3.05) is 11.9 Å². The molecule has 0 radical (unpaired) electrons. The molecule has 1 amide bonds. The molecule has 0 spiro atoms. The number of aryl methyl sites for hydroxylation is 3. The van der Waals surface area contributed by atoms with Crippen LogP contribution in [-0.4, -0.2) is 18.2 Å². The second-order valence-corrected chi connectivity index (χ2v) is 7.91. The number of hydrogen-bond donors (Lipinski definition) is 1. The molecule has 2 heterocycles. The van der Waals surface area contributed by atoms with E-state index in [-0.39, 0.29) is 12.5 Å². The predicted octanol–water partition coefficient (Wildman–Crippen LogP) is 5.28. The van der Waals surface area contributed by atoms with Crippen molar-refractivity contribution in [3.05, 3.63) is 51.4 Å². The van der Waals surface area contributed by atoms with Crippen LogP contribution in [0.3, 0.4) is 0 Å². The Morgan fingerprint density at radius 2 is 1.96 bits per heavy atom. The highest BCUT2D eigenvalue weighted by atomic mass is 32.1. The average Bonchev–Trinajstić information content (AvgIpc) is 2.90. The molecule has 0 atom stereocenters. The van der Waals surface area contributed by atoms with E-state index in [0.29, 0.717) is 0 Å². The largest absolute Gasteiger partial charge is 0.316 e. The molecule has 3 rings (SSSR count). The van der Waals surface area contributed by atoms with E-state index in [2.05, 4.69) is 55.3 Å². The lowest BCUT2D eigenvalue weighted by molar-refractivity contribution is -0.114. The predicted molar refractivity (Wildman–Crippen MR) is 107 cm³/mol. The Morgan fingerprint density at radius 3 is 2.72 bits per heavy atom. The molecule has 0 saturated carbocycles. The number of benzene rings is 1. The first kappa shape index (κ1) is 17.9. The number of anilines is 1. The molecule has 0 aliphatic carbocycles. The second kappa shape index (κ2) is 7.96. The Hall–Kier alpha value is -1.94. The Labute approximate surface area is 154 Å². The highest BCUT2D eigenvalue weighted by molar-refractivity contribution is 7.16. The summed E-state index contributed by atoms with van der Waals surface area (Å²) in [6.45, 7) is 6.65. The van der Waals surface area contributed by atoms with E-state index in [1.165, 1.54) is 41.7 Å². The zero-order valence-electron chi connectivity index (χ0n) is 15.3. The lowest BCUT2D eigenvalue weighted by atomic mass is 9.99. The molecule has 4 heteroatoms. The maximum Gasteiger partial charge on any atom is 0.246 e. The summed E-state index contributed by atoms with van der Waals surface area (Å²) in [5.41, 5.74) is 5.63. The number of unbranched alkanes of at least 4 members (excludes halogenated alkanes) is 3. The summed E-state index contributed by atoms with van der Waals surface area (Å²) in [7, 11) is 0. The molecule has 25 heavy (non-hydrogen) atoms. The molecule has 1 aliphatic rings. The monoisotopic (exact) mass is 354 g/mol. The van der Waals surface area contributed by atoms with Crippen LogP contribution < -0.4 is 5.32 Å². The van der Waals surface area contributed by atoms with Crippen LogP contribution in [0, 0.1) is 13.8 Å². The minimum absolute atomic E-state index is 0.0283. The number of thiophene rings is 1. The van der Waals surface area contributed by atoms with Gasteiger partial charge in [-0.3, -0.25) is 9.79 Å². The summed E-state index contributed by atoms with van der Waals surface area (Å²) in [6.07, 6.45) is 6.09. The first-order chi connectivity index (χ1) is 12.1. The summed E-state index contributed by atoms with van der Waals surface area (Å²) in [5, 5.41) is 3.98. The van der Waals surface area contributed by atoms with Gasteiger partial charge in [0.25, 0.3) is 0 Å². The highest BCUT2D eigenvalue weighted by Crippen LogP contribution is 2.33. The van der Waals surface area contributed by atoms with Crippen molar-refractivity contribution in [2.45, 2.75) is 52.9 Å². The summed E-state index contributed by atoms with van der Waals surface area (Å²) >= 11 is 1.70. The van der Waals surface area contributed by atoms with Crippen molar-refractivity contribution in [1.29, 1.82) is 0 Å². The molecule has 1 aliphatic heterocycles. The fourth-order valence-electron chi connectivity index (χ4n) is 3.10. The number of nitrogens with one attached hydrogen (secondary N) is 1. The number of fused-ring (bicyclic) bond motifs is 1. The zero-order chi connectivity index (χ0) is 17.8. The zero-order valence-corrected chi connectivity index (χ0v) is 16.1. The summed E-state index contributed by atoms with van der Waals surface area (Å²) < 4.78 is 0. The third-order valence-corrected chi connectivity index (χ3v) is 5.84. The first-order valence-electron chi connectivity index (χ1n) is 9.13. The smallest absolute Gasteiger partial charge is 0.246 e. The van der Waals surface area contributed by atoms with Crippen LogP contribution in [0.2, 0.25) is 0 Å².